The van der Waals surface area contributed by atoms with Crippen LogP contribution >= 0.6 is 0 Å². The van der Waals surface area contributed by atoms with E-state index in [2.05, 4.69) is 10.4 Å². The van der Waals surface area contributed by atoms with Crippen molar-refractivity contribution in [2.24, 2.45) is 12.2 Å². The van der Waals surface area contributed by atoms with Crippen LogP contribution < -0.4 is 10.5 Å². The zero-order valence-corrected chi connectivity index (χ0v) is 12.0. The van der Waals surface area contributed by atoms with E-state index >= 15 is 0 Å². The van der Waals surface area contributed by atoms with Gasteiger partial charge in [-0.15, -0.1) is 0 Å². The van der Waals surface area contributed by atoms with Crippen LogP contribution in [0.25, 0.3) is 6.08 Å². The smallest absolute Gasteiger partial charge is 0.249 e. The fourth-order valence-corrected chi connectivity index (χ4v) is 2.32. The minimum atomic E-state index is -3.95. The number of carbonyl (C=O) groups is 1. The van der Waals surface area contributed by atoms with Crippen molar-refractivity contribution in [3.05, 3.63) is 48.2 Å². The molecule has 0 saturated heterocycles. The molecule has 1 heterocycles. The zero-order valence-electron chi connectivity index (χ0n) is 11.2. The summed E-state index contributed by atoms with van der Waals surface area (Å²) < 4.78 is 24.0. The number of nitrogens with zero attached hydrogens (tertiary/aromatic N) is 2. The van der Waals surface area contributed by atoms with Crippen LogP contribution in [0.15, 0.2) is 47.5 Å². The summed E-state index contributed by atoms with van der Waals surface area (Å²) in [6.45, 7) is 0. The molecule has 7 nitrogen and oxygen atoms in total. The summed E-state index contributed by atoms with van der Waals surface area (Å²) in [5.74, 6) is -0.592. The van der Waals surface area contributed by atoms with Gasteiger partial charge in [-0.25, -0.2) is 13.6 Å². The van der Waals surface area contributed by atoms with Crippen LogP contribution in [0.4, 0.5) is 5.82 Å². The van der Waals surface area contributed by atoms with E-state index in [1.165, 1.54) is 24.0 Å². The molecular formula is C13H14N4O3S. The van der Waals surface area contributed by atoms with Gasteiger partial charge in [0.2, 0.25) is 15.9 Å². The number of rotatable bonds is 4. The lowest BCUT2D eigenvalue weighted by atomic mass is 10.2. The van der Waals surface area contributed by atoms with Crippen molar-refractivity contribution in [1.29, 1.82) is 0 Å². The first-order valence-corrected chi connectivity index (χ1v) is 7.51. The van der Waals surface area contributed by atoms with Crippen LogP contribution in [0.5, 0.6) is 0 Å². The van der Waals surface area contributed by atoms with Crippen LogP contribution in [0.2, 0.25) is 0 Å². The van der Waals surface area contributed by atoms with E-state index in [1.54, 1.807) is 6.08 Å². The monoisotopic (exact) mass is 306 g/mol. The summed E-state index contributed by atoms with van der Waals surface area (Å²) >= 11 is 0. The number of nitrogens with one attached hydrogen (secondary N) is 1. The van der Waals surface area contributed by atoms with Crippen molar-refractivity contribution >= 4 is 27.8 Å². The summed E-state index contributed by atoms with van der Waals surface area (Å²) in [6, 6.07) is 9.22. The molecule has 0 aliphatic carbocycles. The first-order valence-electron chi connectivity index (χ1n) is 5.97. The molecule has 0 unspecified atom stereocenters. The molecule has 3 N–H and O–H groups in total. The molecule has 0 atom stereocenters. The van der Waals surface area contributed by atoms with Crippen molar-refractivity contribution in [2.45, 2.75) is 4.90 Å². The Kier molecular flexibility index (Phi) is 4.20. The Hall–Kier alpha value is -2.45. The van der Waals surface area contributed by atoms with E-state index < -0.39 is 15.9 Å². The van der Waals surface area contributed by atoms with Crippen molar-refractivity contribution in [3.63, 3.8) is 0 Å². The summed E-state index contributed by atoms with van der Waals surface area (Å²) in [5.41, 5.74) is 0.848. The lowest BCUT2D eigenvalue weighted by Gasteiger charge is -2.00. The Balaban J connectivity index is 2.16. The quantitative estimate of drug-likeness (QED) is 0.811. The number of sulfonamides is 1. The number of primary sulfonamides is 1. The van der Waals surface area contributed by atoms with E-state index in [0.717, 1.165) is 5.56 Å². The van der Waals surface area contributed by atoms with Crippen molar-refractivity contribution in [3.8, 4) is 0 Å². The number of benzene rings is 1. The van der Waals surface area contributed by atoms with Crippen LogP contribution in [0.1, 0.15) is 5.56 Å². The molecule has 2 rings (SSSR count). The number of nitrogens with two attached hydrogens (primary N) is 1. The molecular weight excluding hydrogens is 292 g/mol. The highest BCUT2D eigenvalue weighted by molar-refractivity contribution is 7.89. The van der Waals surface area contributed by atoms with Gasteiger partial charge >= 0.3 is 0 Å². The van der Waals surface area contributed by atoms with Gasteiger partial charge in [-0.3, -0.25) is 9.48 Å². The molecule has 1 aromatic heterocycles. The molecule has 2 aromatic rings. The number of hydrogen-bond donors (Lipinski definition) is 2. The third kappa shape index (κ3) is 4.01. The van der Waals surface area contributed by atoms with Crippen molar-refractivity contribution < 1.29 is 13.2 Å². The van der Waals surface area contributed by atoms with E-state index in [1.807, 2.05) is 30.3 Å². The maximum Gasteiger partial charge on any atom is 0.249 e. The van der Waals surface area contributed by atoms with E-state index in [-0.39, 0.29) is 10.7 Å². The molecule has 21 heavy (non-hydrogen) atoms. The van der Waals surface area contributed by atoms with Crippen LogP contribution in [-0.4, -0.2) is 24.1 Å². The maximum atomic E-state index is 11.8. The van der Waals surface area contributed by atoms with Crippen LogP contribution in [0.3, 0.4) is 0 Å². The molecule has 110 valence electrons. The average molecular weight is 306 g/mol. The highest BCUT2D eigenvalue weighted by Gasteiger charge is 2.19. The van der Waals surface area contributed by atoms with Gasteiger partial charge in [0.25, 0.3) is 0 Å². The topological polar surface area (TPSA) is 107 Å². The Labute approximate surface area is 122 Å². The van der Waals surface area contributed by atoms with Gasteiger partial charge in [0, 0.05) is 19.3 Å². The molecule has 0 saturated carbocycles. The average Bonchev–Trinajstić information content (AvgIpc) is 2.78. The van der Waals surface area contributed by atoms with Gasteiger partial charge in [0.1, 0.15) is 4.90 Å². The van der Waals surface area contributed by atoms with Gasteiger partial charge in [-0.2, -0.15) is 5.10 Å². The molecule has 0 aliphatic rings. The summed E-state index contributed by atoms with van der Waals surface area (Å²) in [6.07, 6.45) is 4.12. The number of aromatic nitrogens is 2. The molecule has 0 fully saturated rings. The molecule has 0 aliphatic heterocycles. The highest BCUT2D eigenvalue weighted by Crippen LogP contribution is 2.17. The first kappa shape index (κ1) is 14.9. The minimum absolute atomic E-state index is 0.0947. The Morgan fingerprint density at radius 1 is 1.33 bits per heavy atom. The van der Waals surface area contributed by atoms with Crippen LogP contribution in [-0.2, 0) is 21.9 Å². The maximum absolute atomic E-state index is 11.8. The summed E-state index contributed by atoms with van der Waals surface area (Å²) in [4.78, 5) is 11.6. The summed E-state index contributed by atoms with van der Waals surface area (Å²) in [5, 5.41) is 11.3. The van der Waals surface area contributed by atoms with Gasteiger partial charge in [-0.1, -0.05) is 30.3 Å². The molecule has 0 bridgehead atoms. The lowest BCUT2D eigenvalue weighted by Crippen LogP contribution is -2.16. The third-order valence-corrected chi connectivity index (χ3v) is 3.48. The van der Waals surface area contributed by atoms with E-state index in [4.69, 9.17) is 5.14 Å². The number of anilines is 1. The number of aryl methyl sites for hydroxylation is 1. The third-order valence-electron chi connectivity index (χ3n) is 2.57. The molecule has 8 heteroatoms. The summed E-state index contributed by atoms with van der Waals surface area (Å²) in [7, 11) is -2.42. The number of carbonyl (C=O) groups excluding carboxylic acids is 1. The lowest BCUT2D eigenvalue weighted by molar-refractivity contribution is -0.111. The number of amides is 1. The molecule has 1 amide bonds. The Morgan fingerprint density at radius 2 is 2.00 bits per heavy atom. The zero-order chi connectivity index (χ0) is 15.5. The number of hydrogen-bond acceptors (Lipinski definition) is 4. The highest BCUT2D eigenvalue weighted by atomic mass is 32.2. The second-order valence-electron chi connectivity index (χ2n) is 4.29. The molecule has 1 aromatic carbocycles. The Morgan fingerprint density at radius 3 is 2.62 bits per heavy atom. The Bertz CT molecular complexity index is 779. The van der Waals surface area contributed by atoms with Gasteiger partial charge < -0.3 is 5.32 Å². The van der Waals surface area contributed by atoms with Gasteiger partial charge in [0.15, 0.2) is 5.82 Å². The van der Waals surface area contributed by atoms with Crippen LogP contribution in [0, 0.1) is 0 Å². The molecule has 0 spiro atoms. The second kappa shape index (κ2) is 5.90. The predicted molar refractivity (Wildman–Crippen MR) is 78.7 cm³/mol. The normalized spacial score (nSPS) is 11.7. The van der Waals surface area contributed by atoms with Crippen molar-refractivity contribution in [2.75, 3.05) is 5.32 Å². The fraction of sp³-hybridized carbons (Fsp3) is 0.0769. The SMILES string of the molecule is Cn1cc(S(N)(=O)=O)c(NC(=O)/C=C/c2ccccc2)n1. The van der Waals surface area contributed by atoms with Crippen molar-refractivity contribution in [1.82, 2.24) is 9.78 Å². The minimum Gasteiger partial charge on any atom is -0.304 e. The van der Waals surface area contributed by atoms with E-state index in [9.17, 15) is 13.2 Å². The van der Waals surface area contributed by atoms with Gasteiger partial charge in [-0.05, 0) is 11.6 Å². The molecule has 0 radical (unpaired) electrons. The fourth-order valence-electron chi connectivity index (χ4n) is 1.66. The standard InChI is InChI=1S/C13H14N4O3S/c1-17-9-11(21(14,19)20)13(16-17)15-12(18)8-7-10-5-3-2-4-6-10/h2-9H,1H3,(H2,14,19,20)(H,15,16,18)/b8-7+. The van der Waals surface area contributed by atoms with Gasteiger partial charge in [0.05, 0.1) is 0 Å². The first-order chi connectivity index (χ1) is 9.86. The second-order valence-corrected chi connectivity index (χ2v) is 5.82. The van der Waals surface area contributed by atoms with E-state index in [0.29, 0.717) is 0 Å². The predicted octanol–water partition coefficient (Wildman–Crippen LogP) is 0.719. The largest absolute Gasteiger partial charge is 0.304 e.